The van der Waals surface area contributed by atoms with E-state index in [1.807, 2.05) is 11.8 Å². The number of hydrogen-bond donors (Lipinski definition) is 1. The van der Waals surface area contributed by atoms with Crippen molar-refractivity contribution >= 4 is 29.2 Å². The number of hydrogen-bond acceptors (Lipinski definition) is 2. The van der Waals surface area contributed by atoms with Crippen molar-refractivity contribution in [2.24, 2.45) is 0 Å². The molecule has 0 bridgehead atoms. The first kappa shape index (κ1) is 10.4. The normalized spacial score (nSPS) is 27.2. The number of rotatable bonds is 0. The highest BCUT2D eigenvalue weighted by Gasteiger charge is 2.38. The highest BCUT2D eigenvalue weighted by atomic mass is 35.5. The van der Waals surface area contributed by atoms with Crippen molar-refractivity contribution < 1.29 is 0 Å². The molecule has 1 heterocycles. The van der Waals surface area contributed by atoms with Crippen LogP contribution in [0.2, 0.25) is 0 Å². The van der Waals surface area contributed by atoms with Gasteiger partial charge in [-0.15, -0.1) is 24.2 Å². The molecule has 1 saturated carbocycles. The van der Waals surface area contributed by atoms with Crippen molar-refractivity contribution in [2.75, 3.05) is 0 Å². The number of thioether (sulfide) groups is 1. The maximum atomic E-state index is 7.57. The molecule has 1 aliphatic carbocycles. The zero-order valence-electron chi connectivity index (χ0n) is 7.27. The van der Waals surface area contributed by atoms with E-state index in [4.69, 9.17) is 5.41 Å². The van der Waals surface area contributed by atoms with Crippen LogP contribution in [0.25, 0.3) is 0 Å². The van der Waals surface area contributed by atoms with Crippen molar-refractivity contribution in [1.82, 2.24) is 0 Å². The molecule has 1 spiro atoms. The summed E-state index contributed by atoms with van der Waals surface area (Å²) in [6.07, 6.45) is 9.33. The second kappa shape index (κ2) is 4.01. The summed E-state index contributed by atoms with van der Waals surface area (Å²) in [6.45, 7) is 0. The van der Waals surface area contributed by atoms with Crippen molar-refractivity contribution in [3.8, 4) is 0 Å². The van der Waals surface area contributed by atoms with Crippen LogP contribution in [0.1, 0.15) is 44.9 Å². The zero-order chi connectivity index (χ0) is 7.73. The Morgan fingerprint density at radius 3 is 2.25 bits per heavy atom. The van der Waals surface area contributed by atoms with Gasteiger partial charge in [0.2, 0.25) is 0 Å². The Morgan fingerprint density at radius 2 is 1.75 bits per heavy atom. The molecule has 2 aliphatic rings. The van der Waals surface area contributed by atoms with E-state index in [9.17, 15) is 0 Å². The largest absolute Gasteiger partial charge is 0.298 e. The third-order valence-corrected chi connectivity index (χ3v) is 4.41. The summed E-state index contributed by atoms with van der Waals surface area (Å²) < 4.78 is 0.537. The minimum atomic E-state index is 0. The van der Waals surface area contributed by atoms with Gasteiger partial charge >= 0.3 is 0 Å². The fraction of sp³-hybridized carbons (Fsp3) is 0.889. The highest BCUT2D eigenvalue weighted by molar-refractivity contribution is 8.15. The summed E-state index contributed by atoms with van der Waals surface area (Å²) in [5, 5.41) is 8.51. The third kappa shape index (κ3) is 1.97. The summed E-state index contributed by atoms with van der Waals surface area (Å²) in [5.41, 5.74) is 0. The lowest BCUT2D eigenvalue weighted by atomic mass is 9.85. The monoisotopic (exact) mass is 205 g/mol. The summed E-state index contributed by atoms with van der Waals surface area (Å²) >= 11 is 1.87. The smallest absolute Gasteiger partial charge is 0.0647 e. The number of nitrogens with one attached hydrogen (secondary N) is 1. The van der Waals surface area contributed by atoms with E-state index in [0.717, 1.165) is 11.5 Å². The van der Waals surface area contributed by atoms with Gasteiger partial charge in [-0.1, -0.05) is 19.3 Å². The minimum absolute atomic E-state index is 0. The van der Waals surface area contributed by atoms with Gasteiger partial charge in [0.15, 0.2) is 0 Å². The Morgan fingerprint density at radius 1 is 1.08 bits per heavy atom. The lowest BCUT2D eigenvalue weighted by Gasteiger charge is -2.31. The molecule has 0 unspecified atom stereocenters. The highest BCUT2D eigenvalue weighted by Crippen LogP contribution is 2.48. The average molecular weight is 206 g/mol. The molecule has 0 aromatic heterocycles. The lowest BCUT2D eigenvalue weighted by molar-refractivity contribution is 0.390. The van der Waals surface area contributed by atoms with Gasteiger partial charge in [-0.25, -0.2) is 0 Å². The maximum absolute atomic E-state index is 7.57. The van der Waals surface area contributed by atoms with E-state index >= 15 is 0 Å². The molecule has 0 aromatic carbocycles. The van der Waals surface area contributed by atoms with Gasteiger partial charge in [0.25, 0.3) is 0 Å². The molecule has 3 heteroatoms. The first-order valence-corrected chi connectivity index (χ1v) is 5.39. The molecular weight excluding hydrogens is 190 g/mol. The lowest BCUT2D eigenvalue weighted by Crippen LogP contribution is -2.24. The van der Waals surface area contributed by atoms with Crippen LogP contribution in [-0.4, -0.2) is 9.79 Å². The van der Waals surface area contributed by atoms with Crippen LogP contribution in [0.3, 0.4) is 0 Å². The quantitative estimate of drug-likeness (QED) is 0.642. The third-order valence-electron chi connectivity index (χ3n) is 2.91. The Kier molecular flexibility index (Phi) is 3.47. The van der Waals surface area contributed by atoms with Gasteiger partial charge in [0.05, 0.1) is 5.04 Å². The van der Waals surface area contributed by atoms with Gasteiger partial charge in [-0.05, 0) is 25.7 Å². The van der Waals surface area contributed by atoms with E-state index in [0.29, 0.717) is 4.75 Å². The molecule has 2 fully saturated rings. The molecule has 0 amide bonds. The van der Waals surface area contributed by atoms with Crippen LogP contribution in [0, 0.1) is 5.41 Å². The maximum Gasteiger partial charge on any atom is 0.0647 e. The molecule has 12 heavy (non-hydrogen) atoms. The Bertz CT molecular complexity index is 175. The van der Waals surface area contributed by atoms with E-state index < -0.39 is 0 Å². The van der Waals surface area contributed by atoms with Crippen molar-refractivity contribution in [2.45, 2.75) is 49.7 Å². The SMILES string of the molecule is Cl.N=C1CCC2(CCCCC2)S1. The van der Waals surface area contributed by atoms with Gasteiger partial charge < -0.3 is 0 Å². The van der Waals surface area contributed by atoms with Crippen molar-refractivity contribution in [1.29, 1.82) is 5.41 Å². The standard InChI is InChI=1S/C9H15NS.ClH/c10-8-4-7-9(11-8)5-2-1-3-6-9;/h10H,1-7H2;1H. The summed E-state index contributed by atoms with van der Waals surface area (Å²) in [7, 11) is 0. The van der Waals surface area contributed by atoms with Gasteiger partial charge in [-0.3, -0.25) is 5.41 Å². The van der Waals surface area contributed by atoms with Crippen molar-refractivity contribution in [3.63, 3.8) is 0 Å². The fourth-order valence-corrected chi connectivity index (χ4v) is 3.68. The first-order chi connectivity index (χ1) is 5.31. The van der Waals surface area contributed by atoms with Crippen molar-refractivity contribution in [3.05, 3.63) is 0 Å². The van der Waals surface area contributed by atoms with Gasteiger partial charge in [-0.2, -0.15) is 0 Å². The summed E-state index contributed by atoms with van der Waals surface area (Å²) in [5.74, 6) is 0. The van der Waals surface area contributed by atoms with Crippen LogP contribution in [0.5, 0.6) is 0 Å². The topological polar surface area (TPSA) is 23.9 Å². The number of halogens is 1. The molecule has 1 N–H and O–H groups in total. The van der Waals surface area contributed by atoms with E-state index in [-0.39, 0.29) is 12.4 Å². The van der Waals surface area contributed by atoms with Crippen LogP contribution >= 0.6 is 24.2 Å². The van der Waals surface area contributed by atoms with Crippen LogP contribution in [0.4, 0.5) is 0 Å². The molecular formula is C9H16ClNS. The van der Waals surface area contributed by atoms with Gasteiger partial charge in [0.1, 0.15) is 0 Å². The Labute approximate surface area is 84.6 Å². The van der Waals surface area contributed by atoms with E-state index in [1.54, 1.807) is 0 Å². The molecule has 2 rings (SSSR count). The summed E-state index contributed by atoms with van der Waals surface area (Å²) in [4.78, 5) is 0. The molecule has 1 aliphatic heterocycles. The van der Waals surface area contributed by atoms with Crippen LogP contribution in [-0.2, 0) is 0 Å². The molecule has 0 aromatic rings. The first-order valence-electron chi connectivity index (χ1n) is 4.57. The second-order valence-electron chi connectivity index (χ2n) is 3.77. The second-order valence-corrected chi connectivity index (χ2v) is 5.33. The fourth-order valence-electron chi connectivity index (χ4n) is 2.25. The predicted molar refractivity (Wildman–Crippen MR) is 57.6 cm³/mol. The van der Waals surface area contributed by atoms with Crippen LogP contribution in [0.15, 0.2) is 0 Å². The average Bonchev–Trinajstić information content (AvgIpc) is 2.34. The van der Waals surface area contributed by atoms with Crippen LogP contribution < -0.4 is 0 Å². The minimum Gasteiger partial charge on any atom is -0.298 e. The van der Waals surface area contributed by atoms with Gasteiger partial charge in [0, 0.05) is 4.75 Å². The Hall–Kier alpha value is 0.310. The molecule has 0 radical (unpaired) electrons. The molecule has 70 valence electrons. The Balaban J connectivity index is 0.000000720. The molecule has 1 saturated heterocycles. The van der Waals surface area contributed by atoms with E-state index in [1.165, 1.54) is 38.5 Å². The van der Waals surface area contributed by atoms with E-state index in [2.05, 4.69) is 0 Å². The molecule has 1 nitrogen and oxygen atoms in total. The summed E-state index contributed by atoms with van der Waals surface area (Å²) in [6, 6.07) is 0. The predicted octanol–water partition coefficient (Wildman–Crippen LogP) is 3.62. The molecule has 0 atom stereocenters. The zero-order valence-corrected chi connectivity index (χ0v) is 8.90.